The molecule has 0 N–H and O–H groups in total. The van der Waals surface area contributed by atoms with Gasteiger partial charge in [0.2, 0.25) is 5.91 Å². The topological polar surface area (TPSA) is 20.3 Å². The van der Waals surface area contributed by atoms with E-state index in [1.165, 1.54) is 11.1 Å². The van der Waals surface area contributed by atoms with Crippen molar-refractivity contribution in [3.8, 4) is 0 Å². The van der Waals surface area contributed by atoms with Gasteiger partial charge >= 0.3 is 0 Å². The van der Waals surface area contributed by atoms with Crippen LogP contribution in [0, 0.1) is 5.92 Å². The molecular formula is C21H24ClNOS. The van der Waals surface area contributed by atoms with Gasteiger partial charge in [-0.15, -0.1) is 11.8 Å². The van der Waals surface area contributed by atoms with Crippen LogP contribution in [-0.2, 0) is 17.0 Å². The Hall–Kier alpha value is -1.45. The number of carbonyl (C=O) groups is 1. The number of likely N-dealkylation sites (tertiary alicyclic amines) is 1. The van der Waals surface area contributed by atoms with E-state index in [1.54, 1.807) is 11.8 Å². The zero-order valence-electron chi connectivity index (χ0n) is 14.4. The van der Waals surface area contributed by atoms with Crippen LogP contribution in [0.15, 0.2) is 54.6 Å². The van der Waals surface area contributed by atoms with Crippen molar-refractivity contribution in [3.05, 3.63) is 70.7 Å². The van der Waals surface area contributed by atoms with Crippen LogP contribution in [0.2, 0.25) is 5.02 Å². The molecule has 0 saturated carbocycles. The van der Waals surface area contributed by atoms with Gasteiger partial charge in [-0.3, -0.25) is 4.79 Å². The summed E-state index contributed by atoms with van der Waals surface area (Å²) in [7, 11) is 0. The number of hydrogen-bond donors (Lipinski definition) is 0. The van der Waals surface area contributed by atoms with E-state index < -0.39 is 0 Å². The van der Waals surface area contributed by atoms with Gasteiger partial charge in [-0.2, -0.15) is 0 Å². The number of piperidine rings is 1. The van der Waals surface area contributed by atoms with Gasteiger partial charge in [0.1, 0.15) is 0 Å². The standard InChI is InChI=1S/C21H24ClNOS/c22-20-8-6-19(7-9-20)15-25-16-21(24)23-12-10-18(11-13-23)14-17-4-2-1-3-5-17/h1-9,18H,10-16H2. The molecule has 0 unspecified atom stereocenters. The summed E-state index contributed by atoms with van der Waals surface area (Å²) in [5.74, 6) is 2.39. The van der Waals surface area contributed by atoms with Crippen LogP contribution in [0.4, 0.5) is 0 Å². The van der Waals surface area contributed by atoms with Crippen LogP contribution in [-0.4, -0.2) is 29.6 Å². The second-order valence-electron chi connectivity index (χ2n) is 6.63. The van der Waals surface area contributed by atoms with E-state index in [1.807, 2.05) is 29.2 Å². The number of halogens is 1. The van der Waals surface area contributed by atoms with Gasteiger partial charge in [-0.25, -0.2) is 0 Å². The molecule has 1 aliphatic rings. The Bertz CT molecular complexity index is 666. The Kier molecular flexibility index (Phi) is 6.83. The molecule has 0 atom stereocenters. The first-order valence-electron chi connectivity index (χ1n) is 8.84. The molecule has 1 amide bonds. The lowest BCUT2D eigenvalue weighted by Crippen LogP contribution is -2.39. The predicted octanol–water partition coefficient (Wildman–Crippen LogP) is 5.05. The van der Waals surface area contributed by atoms with Crippen LogP contribution in [0.3, 0.4) is 0 Å². The lowest BCUT2D eigenvalue weighted by molar-refractivity contribution is -0.129. The van der Waals surface area contributed by atoms with Gasteiger partial charge in [0.05, 0.1) is 5.75 Å². The second kappa shape index (κ2) is 9.30. The summed E-state index contributed by atoms with van der Waals surface area (Å²) in [5.41, 5.74) is 2.62. The van der Waals surface area contributed by atoms with E-state index in [-0.39, 0.29) is 5.91 Å². The highest BCUT2D eigenvalue weighted by molar-refractivity contribution is 7.99. The molecule has 2 nitrogen and oxygen atoms in total. The lowest BCUT2D eigenvalue weighted by atomic mass is 9.90. The average Bonchev–Trinajstić information content (AvgIpc) is 2.65. The van der Waals surface area contributed by atoms with Gasteiger partial charge in [0, 0.05) is 23.9 Å². The van der Waals surface area contributed by atoms with Crippen molar-refractivity contribution in [2.45, 2.75) is 25.0 Å². The minimum absolute atomic E-state index is 0.275. The number of thioether (sulfide) groups is 1. The third-order valence-electron chi connectivity index (χ3n) is 4.74. The van der Waals surface area contributed by atoms with Crippen molar-refractivity contribution in [2.24, 2.45) is 5.92 Å². The number of hydrogen-bond acceptors (Lipinski definition) is 2. The van der Waals surface area contributed by atoms with Crippen molar-refractivity contribution in [2.75, 3.05) is 18.8 Å². The SMILES string of the molecule is O=C(CSCc1ccc(Cl)cc1)N1CCC(Cc2ccccc2)CC1. The normalized spacial score (nSPS) is 15.3. The predicted molar refractivity (Wildman–Crippen MR) is 107 cm³/mol. The smallest absolute Gasteiger partial charge is 0.232 e. The summed E-state index contributed by atoms with van der Waals surface area (Å²) in [6, 6.07) is 18.5. The van der Waals surface area contributed by atoms with Crippen LogP contribution >= 0.6 is 23.4 Å². The summed E-state index contributed by atoms with van der Waals surface area (Å²) in [4.78, 5) is 14.4. The molecule has 25 heavy (non-hydrogen) atoms. The number of rotatable bonds is 6. The van der Waals surface area contributed by atoms with Gasteiger partial charge < -0.3 is 4.90 Å². The molecule has 1 saturated heterocycles. The maximum absolute atomic E-state index is 12.4. The Morgan fingerprint density at radius 3 is 2.36 bits per heavy atom. The van der Waals surface area contributed by atoms with Gasteiger partial charge in [-0.1, -0.05) is 54.1 Å². The van der Waals surface area contributed by atoms with Crippen molar-refractivity contribution >= 4 is 29.3 Å². The highest BCUT2D eigenvalue weighted by Crippen LogP contribution is 2.23. The largest absolute Gasteiger partial charge is 0.342 e. The van der Waals surface area contributed by atoms with E-state index in [2.05, 4.69) is 30.3 Å². The highest BCUT2D eigenvalue weighted by atomic mass is 35.5. The fourth-order valence-electron chi connectivity index (χ4n) is 3.26. The molecule has 3 rings (SSSR count). The van der Waals surface area contributed by atoms with Crippen LogP contribution in [0.1, 0.15) is 24.0 Å². The third-order valence-corrected chi connectivity index (χ3v) is 5.98. The number of nitrogens with zero attached hydrogens (tertiary/aromatic N) is 1. The third kappa shape index (κ3) is 5.79. The summed E-state index contributed by atoms with van der Waals surface area (Å²) in [6.07, 6.45) is 3.36. The van der Waals surface area contributed by atoms with Crippen molar-refractivity contribution in [1.29, 1.82) is 0 Å². The van der Waals surface area contributed by atoms with E-state index in [0.717, 1.165) is 43.1 Å². The molecule has 132 valence electrons. The Labute approximate surface area is 159 Å². The molecular weight excluding hydrogens is 350 g/mol. The van der Waals surface area contributed by atoms with E-state index in [9.17, 15) is 4.79 Å². The molecule has 0 aromatic heterocycles. The van der Waals surface area contributed by atoms with E-state index in [4.69, 9.17) is 11.6 Å². The van der Waals surface area contributed by atoms with Crippen LogP contribution in [0.5, 0.6) is 0 Å². The van der Waals surface area contributed by atoms with Crippen molar-refractivity contribution in [1.82, 2.24) is 4.90 Å². The van der Waals surface area contributed by atoms with Gasteiger partial charge in [0.25, 0.3) is 0 Å². The minimum Gasteiger partial charge on any atom is -0.342 e. The zero-order valence-corrected chi connectivity index (χ0v) is 15.9. The molecule has 2 aromatic rings. The number of amides is 1. The number of benzene rings is 2. The molecule has 0 radical (unpaired) electrons. The molecule has 0 bridgehead atoms. The first kappa shape index (κ1) is 18.3. The Morgan fingerprint density at radius 1 is 1.00 bits per heavy atom. The lowest BCUT2D eigenvalue weighted by Gasteiger charge is -2.32. The fourth-order valence-corrected chi connectivity index (χ4v) is 4.28. The summed E-state index contributed by atoms with van der Waals surface area (Å²) in [6.45, 7) is 1.80. The highest BCUT2D eigenvalue weighted by Gasteiger charge is 2.22. The summed E-state index contributed by atoms with van der Waals surface area (Å²) < 4.78 is 0. The minimum atomic E-state index is 0.275. The van der Waals surface area contributed by atoms with E-state index >= 15 is 0 Å². The van der Waals surface area contributed by atoms with Gasteiger partial charge in [0.15, 0.2) is 0 Å². The van der Waals surface area contributed by atoms with E-state index in [0.29, 0.717) is 11.7 Å². The molecule has 1 fully saturated rings. The maximum Gasteiger partial charge on any atom is 0.232 e. The Balaban J connectivity index is 1.37. The average molecular weight is 374 g/mol. The van der Waals surface area contributed by atoms with Crippen LogP contribution in [0.25, 0.3) is 0 Å². The number of carbonyl (C=O) groups excluding carboxylic acids is 1. The summed E-state index contributed by atoms with van der Waals surface area (Å²) in [5, 5.41) is 0.753. The molecule has 1 aliphatic heterocycles. The molecule has 0 aliphatic carbocycles. The monoisotopic (exact) mass is 373 g/mol. The van der Waals surface area contributed by atoms with Crippen molar-refractivity contribution < 1.29 is 4.79 Å². The first-order chi connectivity index (χ1) is 12.2. The second-order valence-corrected chi connectivity index (χ2v) is 8.06. The molecule has 1 heterocycles. The quantitative estimate of drug-likeness (QED) is 0.705. The summed E-state index contributed by atoms with van der Waals surface area (Å²) >= 11 is 7.58. The molecule has 4 heteroatoms. The zero-order chi connectivity index (χ0) is 17.5. The first-order valence-corrected chi connectivity index (χ1v) is 10.4. The van der Waals surface area contributed by atoms with Crippen molar-refractivity contribution in [3.63, 3.8) is 0 Å². The molecule has 2 aromatic carbocycles. The fraction of sp³-hybridized carbons (Fsp3) is 0.381. The Morgan fingerprint density at radius 2 is 1.68 bits per heavy atom. The van der Waals surface area contributed by atoms with Gasteiger partial charge in [-0.05, 0) is 48.4 Å². The maximum atomic E-state index is 12.4. The van der Waals surface area contributed by atoms with Crippen LogP contribution < -0.4 is 0 Å². The molecule has 0 spiro atoms.